The Morgan fingerprint density at radius 3 is 2.31 bits per heavy atom. The Hall–Kier alpha value is -2.45. The zero-order valence-electron chi connectivity index (χ0n) is 21.2. The van der Waals surface area contributed by atoms with Gasteiger partial charge in [-0.25, -0.2) is 9.59 Å². The number of fused-ring (bicyclic) bond motifs is 3. The van der Waals surface area contributed by atoms with Gasteiger partial charge in [0.25, 0.3) is 0 Å². The van der Waals surface area contributed by atoms with Crippen LogP contribution in [0.2, 0.25) is 0 Å². The number of hydrogen-bond acceptors (Lipinski definition) is 6. The van der Waals surface area contributed by atoms with Crippen LogP contribution in [0.5, 0.6) is 0 Å². The minimum atomic E-state index is -1.26. The van der Waals surface area contributed by atoms with Crippen LogP contribution in [-0.4, -0.2) is 57.7 Å². The first kappa shape index (κ1) is 28.8. The molecule has 1 fully saturated rings. The summed E-state index contributed by atoms with van der Waals surface area (Å²) in [7, 11) is 0. The molecule has 0 heterocycles. The van der Waals surface area contributed by atoms with Crippen LogP contribution in [0.25, 0.3) is 0 Å². The molecular weight excluding hydrogens is 452 g/mol. The van der Waals surface area contributed by atoms with Crippen LogP contribution >= 0.6 is 0 Å². The lowest BCUT2D eigenvalue weighted by molar-refractivity contribution is -0.172. The molecule has 0 saturated heterocycles. The number of carboxylic acid groups (broad SMARTS) is 2. The average Bonchev–Trinajstić information content (AvgIpc) is 2.80. The maximum atomic E-state index is 13.0. The van der Waals surface area contributed by atoms with Crippen molar-refractivity contribution in [2.75, 3.05) is 13.2 Å². The molecule has 4 N–H and O–H groups in total. The summed E-state index contributed by atoms with van der Waals surface area (Å²) in [6, 6.07) is 0. The van der Waals surface area contributed by atoms with E-state index in [9.17, 15) is 19.5 Å². The van der Waals surface area contributed by atoms with E-state index < -0.39 is 23.5 Å². The lowest BCUT2D eigenvalue weighted by Crippen LogP contribution is -2.53. The molecule has 1 saturated carbocycles. The Morgan fingerprint density at radius 2 is 1.77 bits per heavy atom. The average molecular weight is 493 g/mol. The van der Waals surface area contributed by atoms with Gasteiger partial charge in [-0.1, -0.05) is 44.9 Å². The van der Waals surface area contributed by atoms with Crippen molar-refractivity contribution in [3.63, 3.8) is 0 Å². The minimum absolute atomic E-state index is 0.116. The van der Waals surface area contributed by atoms with Crippen molar-refractivity contribution in [3.8, 4) is 0 Å². The zero-order chi connectivity index (χ0) is 26.4. The molecule has 5 atom stereocenters. The summed E-state index contributed by atoms with van der Waals surface area (Å²) >= 11 is 0. The maximum absolute atomic E-state index is 13.0. The number of esters is 1. The fraction of sp³-hybridized carbons (Fsp3) is 0.667. The van der Waals surface area contributed by atoms with E-state index in [1.807, 2.05) is 0 Å². The lowest BCUT2D eigenvalue weighted by Gasteiger charge is -2.57. The number of carbonyl (C=O) groups excluding carboxylic acids is 1. The van der Waals surface area contributed by atoms with Crippen LogP contribution in [0.4, 0.5) is 0 Å². The molecule has 0 bridgehead atoms. The number of ether oxygens (including phenoxy) is 1. The molecule has 0 amide bonds. The van der Waals surface area contributed by atoms with Crippen LogP contribution in [-0.2, 0) is 19.1 Å². The highest BCUT2D eigenvalue weighted by atomic mass is 16.5. The minimum Gasteiger partial charge on any atom is -0.478 e. The third-order valence-corrected chi connectivity index (χ3v) is 8.03. The normalized spacial score (nSPS) is 30.7. The highest BCUT2D eigenvalue weighted by molar-refractivity contribution is 5.89. The van der Waals surface area contributed by atoms with Gasteiger partial charge in [-0.3, -0.25) is 4.79 Å². The first-order valence-electron chi connectivity index (χ1n) is 12.4. The topological polar surface area (TPSA) is 141 Å². The summed E-state index contributed by atoms with van der Waals surface area (Å²) in [4.78, 5) is 32.1. The predicted molar refractivity (Wildman–Crippen MR) is 130 cm³/mol. The van der Waals surface area contributed by atoms with Gasteiger partial charge in [0.15, 0.2) is 0 Å². The van der Waals surface area contributed by atoms with Gasteiger partial charge >= 0.3 is 17.9 Å². The van der Waals surface area contributed by atoms with Crippen molar-refractivity contribution in [3.05, 3.63) is 35.5 Å². The highest BCUT2D eigenvalue weighted by Gasteiger charge is 2.57. The molecule has 0 aromatic rings. The highest BCUT2D eigenvalue weighted by Crippen LogP contribution is 2.62. The SMILES string of the molecule is CC(C)C1=CC2=CCC3[C@](C)(C(=O)OCC(O)CO)CCC[C@]3(C)[C@H]2CC1.O=C(O)/C=C\C(=O)O. The van der Waals surface area contributed by atoms with Crippen molar-refractivity contribution in [1.29, 1.82) is 0 Å². The standard InChI is InChI=1S/C23H36O4.C4H4O4/c1-15(2)16-6-8-19-17(12-16)7-9-20-22(19,3)10-5-11-23(20,4)21(26)27-14-18(25)13-24;5-3(6)1-2-4(7)8/h7,12,15,18-20,24-25H,5-6,8-11,13-14H2,1-4H3;1-2H,(H,5,6)(H,7,8)/b;2-1-/t18?,19-,20?,22+,23+;/m0./s1. The van der Waals surface area contributed by atoms with E-state index in [2.05, 4.69) is 39.8 Å². The molecule has 0 spiro atoms. The summed E-state index contributed by atoms with van der Waals surface area (Å²) in [5, 5.41) is 34.2. The number of aliphatic hydroxyl groups excluding tert-OH is 2. The summed E-state index contributed by atoms with van der Waals surface area (Å²) in [5.41, 5.74) is 2.63. The van der Waals surface area contributed by atoms with E-state index >= 15 is 0 Å². The summed E-state index contributed by atoms with van der Waals surface area (Å²) < 4.78 is 5.43. The molecule has 8 nitrogen and oxygen atoms in total. The molecule has 35 heavy (non-hydrogen) atoms. The van der Waals surface area contributed by atoms with E-state index in [0.717, 1.165) is 32.1 Å². The zero-order valence-corrected chi connectivity index (χ0v) is 21.2. The quantitative estimate of drug-likeness (QED) is 0.311. The Bertz CT molecular complexity index is 870. The largest absolute Gasteiger partial charge is 0.478 e. The second-order valence-corrected chi connectivity index (χ2v) is 10.7. The third-order valence-electron chi connectivity index (χ3n) is 8.03. The second-order valence-electron chi connectivity index (χ2n) is 10.7. The first-order valence-corrected chi connectivity index (χ1v) is 12.4. The third kappa shape index (κ3) is 6.82. The van der Waals surface area contributed by atoms with Crippen LogP contribution < -0.4 is 0 Å². The molecule has 0 aromatic carbocycles. The molecular formula is C27H40O8. The number of allylic oxidation sites excluding steroid dienone is 4. The van der Waals surface area contributed by atoms with Gasteiger partial charge in [-0.05, 0) is 67.8 Å². The first-order chi connectivity index (χ1) is 16.3. The van der Waals surface area contributed by atoms with Crippen molar-refractivity contribution in [1.82, 2.24) is 0 Å². The van der Waals surface area contributed by atoms with Gasteiger partial charge in [-0.2, -0.15) is 0 Å². The number of carbonyl (C=O) groups is 3. The number of rotatable bonds is 7. The molecule has 0 radical (unpaired) electrons. The maximum Gasteiger partial charge on any atom is 0.328 e. The molecule has 8 heteroatoms. The van der Waals surface area contributed by atoms with Crippen LogP contribution in [0.1, 0.15) is 66.2 Å². The van der Waals surface area contributed by atoms with Crippen LogP contribution in [0.15, 0.2) is 35.5 Å². The Labute approximate surface area is 207 Å². The van der Waals surface area contributed by atoms with E-state index in [4.69, 9.17) is 20.1 Å². The van der Waals surface area contributed by atoms with Gasteiger partial charge in [0, 0.05) is 12.2 Å². The van der Waals surface area contributed by atoms with Crippen molar-refractivity contribution >= 4 is 17.9 Å². The van der Waals surface area contributed by atoms with Crippen LogP contribution in [0, 0.1) is 28.6 Å². The van der Waals surface area contributed by atoms with E-state index in [1.54, 1.807) is 5.57 Å². The molecule has 2 unspecified atom stereocenters. The van der Waals surface area contributed by atoms with E-state index in [1.165, 1.54) is 12.0 Å². The van der Waals surface area contributed by atoms with Gasteiger partial charge in [0.1, 0.15) is 12.7 Å². The Kier molecular flexibility index (Phi) is 9.86. The molecule has 0 aromatic heterocycles. The van der Waals surface area contributed by atoms with Crippen molar-refractivity contribution in [2.45, 2.75) is 72.3 Å². The summed E-state index contributed by atoms with van der Waals surface area (Å²) in [6.45, 7) is 8.48. The molecule has 3 aliphatic rings. The summed E-state index contributed by atoms with van der Waals surface area (Å²) in [6.07, 6.45) is 11.2. The molecule has 3 aliphatic carbocycles. The molecule has 3 rings (SSSR count). The predicted octanol–water partition coefficient (Wildman–Crippen LogP) is 3.73. The number of aliphatic hydroxyl groups is 2. The second kappa shape index (κ2) is 12.0. The van der Waals surface area contributed by atoms with Gasteiger partial charge in [-0.15, -0.1) is 0 Å². The van der Waals surface area contributed by atoms with E-state index in [-0.39, 0.29) is 30.5 Å². The number of carboxylic acids is 2. The van der Waals surface area contributed by atoms with Gasteiger partial charge in [0.2, 0.25) is 0 Å². The molecule has 196 valence electrons. The lowest BCUT2D eigenvalue weighted by atomic mass is 9.47. The fourth-order valence-corrected chi connectivity index (χ4v) is 6.12. The smallest absolute Gasteiger partial charge is 0.328 e. The van der Waals surface area contributed by atoms with Crippen molar-refractivity contribution < 1.29 is 39.5 Å². The number of aliphatic carboxylic acids is 2. The monoisotopic (exact) mass is 492 g/mol. The number of hydrogen-bond donors (Lipinski definition) is 4. The Balaban J connectivity index is 0.000000466. The fourth-order valence-electron chi connectivity index (χ4n) is 6.12. The van der Waals surface area contributed by atoms with Gasteiger partial charge in [0.05, 0.1) is 12.0 Å². The van der Waals surface area contributed by atoms with Crippen LogP contribution in [0.3, 0.4) is 0 Å². The van der Waals surface area contributed by atoms with Gasteiger partial charge < -0.3 is 25.2 Å². The Morgan fingerprint density at radius 1 is 1.14 bits per heavy atom. The summed E-state index contributed by atoms with van der Waals surface area (Å²) in [5.74, 6) is -1.34. The van der Waals surface area contributed by atoms with Crippen molar-refractivity contribution in [2.24, 2.45) is 28.6 Å². The molecule has 0 aliphatic heterocycles. The van der Waals surface area contributed by atoms with E-state index in [0.29, 0.717) is 24.0 Å².